The normalized spacial score (nSPS) is 14.7. The van der Waals surface area contributed by atoms with Crippen molar-refractivity contribution in [2.75, 3.05) is 38.2 Å². The van der Waals surface area contributed by atoms with Crippen LogP contribution in [0.4, 0.5) is 5.69 Å². The molecule has 0 saturated carbocycles. The summed E-state index contributed by atoms with van der Waals surface area (Å²) in [5.41, 5.74) is 3.76. The summed E-state index contributed by atoms with van der Waals surface area (Å²) in [5.74, 6) is -0.913. The summed E-state index contributed by atoms with van der Waals surface area (Å²) in [5, 5.41) is 6.99. The number of hydrogen-bond acceptors (Lipinski definition) is 6. The van der Waals surface area contributed by atoms with E-state index in [4.69, 9.17) is 9.47 Å². The minimum atomic E-state index is -0.521. The van der Waals surface area contributed by atoms with Crippen molar-refractivity contribution in [2.45, 2.75) is 20.4 Å². The Morgan fingerprint density at radius 3 is 2.46 bits per heavy atom. The van der Waals surface area contributed by atoms with Crippen LogP contribution in [-0.4, -0.2) is 59.5 Å². The number of carbonyl (C=O) groups is 2. The Bertz CT molecular complexity index is 839. The standard InChI is InChI=1S/C20H26N4O4/c1-14-19(15(2)23(3)22-14)21-18(25)13-28-20(26)17-6-4-16(5-7-17)12-24-8-10-27-11-9-24/h4-7H,8-13H2,1-3H3,(H,21,25). The van der Waals surface area contributed by atoms with E-state index in [1.165, 1.54) is 0 Å². The summed E-state index contributed by atoms with van der Waals surface area (Å²) in [6, 6.07) is 7.28. The van der Waals surface area contributed by atoms with Crippen LogP contribution < -0.4 is 5.32 Å². The lowest BCUT2D eigenvalue weighted by Crippen LogP contribution is -2.35. The summed E-state index contributed by atoms with van der Waals surface area (Å²) < 4.78 is 12.2. The molecular weight excluding hydrogens is 360 g/mol. The lowest BCUT2D eigenvalue weighted by Gasteiger charge is -2.26. The van der Waals surface area contributed by atoms with E-state index in [2.05, 4.69) is 15.3 Å². The molecular formula is C20H26N4O4. The number of carbonyl (C=O) groups excluding carboxylic acids is 2. The average Bonchev–Trinajstić information content (AvgIpc) is 2.93. The third kappa shape index (κ3) is 4.96. The monoisotopic (exact) mass is 386 g/mol. The van der Waals surface area contributed by atoms with Gasteiger partial charge in [-0.3, -0.25) is 14.4 Å². The number of aryl methyl sites for hydroxylation is 2. The van der Waals surface area contributed by atoms with Gasteiger partial charge >= 0.3 is 5.97 Å². The van der Waals surface area contributed by atoms with Crippen LogP contribution in [0.1, 0.15) is 27.3 Å². The van der Waals surface area contributed by atoms with Gasteiger partial charge in [-0.05, 0) is 31.5 Å². The van der Waals surface area contributed by atoms with Crippen LogP contribution in [0.2, 0.25) is 0 Å². The highest BCUT2D eigenvalue weighted by molar-refractivity contribution is 5.96. The second kappa shape index (κ2) is 8.99. The minimum absolute atomic E-state index is 0.345. The molecule has 150 valence electrons. The molecule has 1 aromatic heterocycles. The van der Waals surface area contributed by atoms with E-state index in [-0.39, 0.29) is 6.61 Å². The first-order valence-corrected chi connectivity index (χ1v) is 9.30. The molecule has 0 unspecified atom stereocenters. The van der Waals surface area contributed by atoms with Gasteiger partial charge in [0.05, 0.1) is 35.9 Å². The molecule has 1 N–H and O–H groups in total. The van der Waals surface area contributed by atoms with Crippen molar-refractivity contribution in [1.29, 1.82) is 0 Å². The molecule has 28 heavy (non-hydrogen) atoms. The SMILES string of the molecule is Cc1nn(C)c(C)c1NC(=O)COC(=O)c1ccc(CN2CCOCC2)cc1. The predicted octanol–water partition coefficient (Wildman–Crippen LogP) is 1.66. The minimum Gasteiger partial charge on any atom is -0.452 e. The van der Waals surface area contributed by atoms with Crippen molar-refractivity contribution < 1.29 is 19.1 Å². The zero-order valence-corrected chi connectivity index (χ0v) is 16.5. The van der Waals surface area contributed by atoms with Gasteiger partial charge in [-0.1, -0.05) is 12.1 Å². The zero-order valence-electron chi connectivity index (χ0n) is 16.5. The molecule has 1 aromatic carbocycles. The van der Waals surface area contributed by atoms with E-state index in [0.717, 1.165) is 49.8 Å². The number of hydrogen-bond donors (Lipinski definition) is 1. The zero-order chi connectivity index (χ0) is 20.1. The Morgan fingerprint density at radius 2 is 1.86 bits per heavy atom. The Labute approximate surface area is 164 Å². The molecule has 0 radical (unpaired) electrons. The first-order valence-electron chi connectivity index (χ1n) is 9.30. The summed E-state index contributed by atoms with van der Waals surface area (Å²) >= 11 is 0. The number of esters is 1. The van der Waals surface area contributed by atoms with E-state index in [1.807, 2.05) is 26.0 Å². The third-order valence-corrected chi connectivity index (χ3v) is 4.81. The first-order chi connectivity index (χ1) is 13.4. The van der Waals surface area contributed by atoms with Crippen molar-refractivity contribution >= 4 is 17.6 Å². The molecule has 8 nitrogen and oxygen atoms in total. The summed E-state index contributed by atoms with van der Waals surface area (Å²) in [7, 11) is 1.81. The smallest absolute Gasteiger partial charge is 0.338 e. The number of ether oxygens (including phenoxy) is 2. The van der Waals surface area contributed by atoms with E-state index in [0.29, 0.717) is 11.3 Å². The number of rotatable bonds is 6. The van der Waals surface area contributed by atoms with Gasteiger partial charge in [0.2, 0.25) is 0 Å². The van der Waals surface area contributed by atoms with Crippen molar-refractivity contribution in [1.82, 2.24) is 14.7 Å². The highest BCUT2D eigenvalue weighted by Crippen LogP contribution is 2.18. The van der Waals surface area contributed by atoms with Gasteiger partial charge in [-0.2, -0.15) is 5.10 Å². The van der Waals surface area contributed by atoms with Crippen molar-refractivity contribution in [3.63, 3.8) is 0 Å². The van der Waals surface area contributed by atoms with E-state index >= 15 is 0 Å². The topological polar surface area (TPSA) is 85.7 Å². The molecule has 0 aliphatic carbocycles. The maximum Gasteiger partial charge on any atom is 0.338 e. The van der Waals surface area contributed by atoms with Crippen LogP contribution >= 0.6 is 0 Å². The van der Waals surface area contributed by atoms with Gasteiger partial charge in [0.15, 0.2) is 6.61 Å². The first kappa shape index (κ1) is 20.0. The number of amides is 1. The number of benzene rings is 1. The molecule has 2 aromatic rings. The molecule has 2 heterocycles. The van der Waals surface area contributed by atoms with E-state index in [1.54, 1.807) is 23.9 Å². The number of morpholine rings is 1. The van der Waals surface area contributed by atoms with Gasteiger partial charge in [0.25, 0.3) is 5.91 Å². The molecule has 3 rings (SSSR count). The molecule has 0 bridgehead atoms. The van der Waals surface area contributed by atoms with E-state index < -0.39 is 11.9 Å². The van der Waals surface area contributed by atoms with Crippen molar-refractivity contribution in [3.05, 3.63) is 46.8 Å². The van der Waals surface area contributed by atoms with Crippen LogP contribution in [-0.2, 0) is 27.9 Å². The summed E-state index contributed by atoms with van der Waals surface area (Å²) in [6.07, 6.45) is 0. The average molecular weight is 386 g/mol. The molecule has 0 atom stereocenters. The molecule has 0 spiro atoms. The number of nitrogens with one attached hydrogen (secondary N) is 1. The fraction of sp³-hybridized carbons (Fsp3) is 0.450. The van der Waals surface area contributed by atoms with Gasteiger partial charge in [0, 0.05) is 26.7 Å². The Hall–Kier alpha value is -2.71. The highest BCUT2D eigenvalue weighted by atomic mass is 16.5. The maximum absolute atomic E-state index is 12.2. The largest absolute Gasteiger partial charge is 0.452 e. The molecule has 1 saturated heterocycles. The molecule has 1 aliphatic heterocycles. The van der Waals surface area contributed by atoms with Gasteiger partial charge in [-0.25, -0.2) is 4.79 Å². The van der Waals surface area contributed by atoms with Gasteiger partial charge in [-0.15, -0.1) is 0 Å². The molecule has 8 heteroatoms. The van der Waals surface area contributed by atoms with Gasteiger partial charge in [0.1, 0.15) is 0 Å². The summed E-state index contributed by atoms with van der Waals surface area (Å²) in [4.78, 5) is 26.6. The number of nitrogens with zero attached hydrogens (tertiary/aromatic N) is 3. The van der Waals surface area contributed by atoms with Crippen LogP contribution in [0.5, 0.6) is 0 Å². The highest BCUT2D eigenvalue weighted by Gasteiger charge is 2.15. The molecule has 1 fully saturated rings. The Morgan fingerprint density at radius 1 is 1.18 bits per heavy atom. The lowest BCUT2D eigenvalue weighted by molar-refractivity contribution is -0.119. The lowest BCUT2D eigenvalue weighted by atomic mass is 10.1. The van der Waals surface area contributed by atoms with Crippen LogP contribution in [0.25, 0.3) is 0 Å². The number of anilines is 1. The Kier molecular flexibility index (Phi) is 6.43. The fourth-order valence-corrected chi connectivity index (χ4v) is 3.11. The number of aromatic nitrogens is 2. The maximum atomic E-state index is 12.2. The third-order valence-electron chi connectivity index (χ3n) is 4.81. The molecule has 1 amide bonds. The second-order valence-electron chi connectivity index (χ2n) is 6.88. The fourth-order valence-electron chi connectivity index (χ4n) is 3.11. The predicted molar refractivity (Wildman–Crippen MR) is 104 cm³/mol. The van der Waals surface area contributed by atoms with E-state index in [9.17, 15) is 9.59 Å². The second-order valence-corrected chi connectivity index (χ2v) is 6.88. The van der Waals surface area contributed by atoms with Crippen LogP contribution in [0.3, 0.4) is 0 Å². The molecule has 1 aliphatic rings. The Balaban J connectivity index is 1.49. The van der Waals surface area contributed by atoms with Gasteiger partial charge < -0.3 is 14.8 Å². The van der Waals surface area contributed by atoms with Crippen LogP contribution in [0, 0.1) is 13.8 Å². The quantitative estimate of drug-likeness (QED) is 0.760. The van der Waals surface area contributed by atoms with Crippen LogP contribution in [0.15, 0.2) is 24.3 Å². The van der Waals surface area contributed by atoms with Crippen molar-refractivity contribution in [2.24, 2.45) is 7.05 Å². The van der Waals surface area contributed by atoms with Crippen molar-refractivity contribution in [3.8, 4) is 0 Å². The summed E-state index contributed by atoms with van der Waals surface area (Å²) in [6.45, 7) is 7.49.